The number of fused-ring (bicyclic) bond motifs is 1. The molecule has 0 aliphatic carbocycles. The first kappa shape index (κ1) is 25.4. The molecule has 1 saturated heterocycles. The summed E-state index contributed by atoms with van der Waals surface area (Å²) in [6, 6.07) is 5.94. The smallest absolute Gasteiger partial charge is 0.136 e. The number of rotatable bonds is 7. The second-order valence-corrected chi connectivity index (χ2v) is 8.39. The number of hydrogen-bond donors (Lipinski definition) is 1. The van der Waals surface area contributed by atoms with Crippen LogP contribution >= 0.6 is 0 Å². The number of ether oxygens (including phenoxy) is 2. The van der Waals surface area contributed by atoms with Gasteiger partial charge in [0.2, 0.25) is 0 Å². The first-order valence-corrected chi connectivity index (χ1v) is 11.5. The summed E-state index contributed by atoms with van der Waals surface area (Å²) in [7, 11) is 1.47. The molecule has 1 fully saturated rings. The lowest BCUT2D eigenvalue weighted by Crippen LogP contribution is -2.36. The minimum Gasteiger partial charge on any atom is -0.499 e. The van der Waals surface area contributed by atoms with Crippen molar-refractivity contribution in [3.63, 3.8) is 0 Å². The number of benzene rings is 2. The van der Waals surface area contributed by atoms with E-state index in [4.69, 9.17) is 9.47 Å². The molecule has 2 heterocycles. The van der Waals surface area contributed by atoms with Crippen molar-refractivity contribution in [2.75, 3.05) is 38.3 Å². The molecule has 0 spiro atoms. The number of aliphatic imine (C=N–C) groups is 1. The molecule has 7 nitrogen and oxygen atoms in total. The summed E-state index contributed by atoms with van der Waals surface area (Å²) >= 11 is 0. The molecule has 188 valence electrons. The maximum atomic E-state index is 15.5. The number of morpholine rings is 1. The molecule has 0 bridgehead atoms. The SMILES string of the molecule is C=CC=N/C(=C(\C)OC)C(O)c1cc(-c2ncnc3cc(N4CCOCC4)cc(F)c23)c(F)cc1C. The van der Waals surface area contributed by atoms with E-state index in [1.807, 2.05) is 4.90 Å². The van der Waals surface area contributed by atoms with Gasteiger partial charge in [0.1, 0.15) is 35.5 Å². The predicted octanol–water partition coefficient (Wildman–Crippen LogP) is 4.89. The molecule has 4 rings (SSSR count). The summed E-state index contributed by atoms with van der Waals surface area (Å²) in [6.45, 7) is 9.34. The molecule has 1 N–H and O–H groups in total. The van der Waals surface area contributed by atoms with Gasteiger partial charge in [-0.05, 0) is 49.2 Å². The van der Waals surface area contributed by atoms with Crippen LogP contribution in [0, 0.1) is 18.6 Å². The molecule has 0 radical (unpaired) electrons. The van der Waals surface area contributed by atoms with Gasteiger partial charge in [0, 0.05) is 30.6 Å². The Labute approximate surface area is 208 Å². The Bertz CT molecular complexity index is 1350. The molecule has 1 aromatic heterocycles. The Morgan fingerprint density at radius 1 is 1.19 bits per heavy atom. The van der Waals surface area contributed by atoms with E-state index in [-0.39, 0.29) is 22.3 Å². The Morgan fingerprint density at radius 3 is 2.64 bits per heavy atom. The van der Waals surface area contributed by atoms with Gasteiger partial charge >= 0.3 is 0 Å². The van der Waals surface area contributed by atoms with Crippen molar-refractivity contribution in [2.24, 2.45) is 4.99 Å². The number of aryl methyl sites for hydroxylation is 1. The summed E-state index contributed by atoms with van der Waals surface area (Å²) in [5, 5.41) is 11.3. The number of nitrogens with zero attached hydrogens (tertiary/aromatic N) is 4. The van der Waals surface area contributed by atoms with Gasteiger partial charge in [-0.15, -0.1) is 0 Å². The highest BCUT2D eigenvalue weighted by molar-refractivity contribution is 5.94. The van der Waals surface area contributed by atoms with Crippen LogP contribution in [0.4, 0.5) is 14.5 Å². The van der Waals surface area contributed by atoms with E-state index >= 15 is 8.78 Å². The third-order valence-electron chi connectivity index (χ3n) is 6.20. The first-order valence-electron chi connectivity index (χ1n) is 11.5. The van der Waals surface area contributed by atoms with E-state index in [2.05, 4.69) is 21.5 Å². The van der Waals surface area contributed by atoms with Crippen LogP contribution < -0.4 is 4.90 Å². The lowest BCUT2D eigenvalue weighted by Gasteiger charge is -2.29. The van der Waals surface area contributed by atoms with E-state index in [0.717, 1.165) is 0 Å². The minimum atomic E-state index is -1.23. The zero-order valence-electron chi connectivity index (χ0n) is 20.5. The number of allylic oxidation sites excluding steroid dienone is 2. The summed E-state index contributed by atoms with van der Waals surface area (Å²) in [4.78, 5) is 14.7. The molecule has 3 aromatic rings. The predicted molar refractivity (Wildman–Crippen MR) is 136 cm³/mol. The Kier molecular flexibility index (Phi) is 7.71. The van der Waals surface area contributed by atoms with Crippen molar-refractivity contribution >= 4 is 22.8 Å². The Balaban J connectivity index is 1.85. The van der Waals surface area contributed by atoms with Crippen LogP contribution in [0.15, 0.2) is 59.7 Å². The van der Waals surface area contributed by atoms with Crippen molar-refractivity contribution in [2.45, 2.75) is 20.0 Å². The largest absolute Gasteiger partial charge is 0.499 e. The first-order chi connectivity index (χ1) is 17.3. The van der Waals surface area contributed by atoms with Gasteiger partial charge in [-0.2, -0.15) is 0 Å². The van der Waals surface area contributed by atoms with Crippen LogP contribution in [0.3, 0.4) is 0 Å². The van der Waals surface area contributed by atoms with Crippen LogP contribution in [-0.4, -0.2) is 54.7 Å². The average Bonchev–Trinajstić information content (AvgIpc) is 2.88. The molecule has 1 atom stereocenters. The van der Waals surface area contributed by atoms with Gasteiger partial charge in [-0.25, -0.2) is 18.7 Å². The molecule has 36 heavy (non-hydrogen) atoms. The lowest BCUT2D eigenvalue weighted by atomic mass is 9.95. The van der Waals surface area contributed by atoms with Crippen molar-refractivity contribution < 1.29 is 23.4 Å². The van der Waals surface area contributed by atoms with Gasteiger partial charge in [0.15, 0.2) is 0 Å². The van der Waals surface area contributed by atoms with Crippen molar-refractivity contribution in [3.05, 3.63) is 77.5 Å². The number of methoxy groups -OCH3 is 1. The van der Waals surface area contributed by atoms with Gasteiger partial charge in [-0.3, -0.25) is 4.99 Å². The summed E-state index contributed by atoms with van der Waals surface area (Å²) < 4.78 is 41.4. The quantitative estimate of drug-likeness (QED) is 0.372. The highest BCUT2D eigenvalue weighted by atomic mass is 19.1. The molecule has 9 heteroatoms. The molecular formula is C27H28F2N4O3. The van der Waals surface area contributed by atoms with Crippen LogP contribution in [0.2, 0.25) is 0 Å². The zero-order chi connectivity index (χ0) is 25.8. The fourth-order valence-corrected chi connectivity index (χ4v) is 4.24. The molecule has 2 aromatic carbocycles. The lowest BCUT2D eigenvalue weighted by molar-refractivity contribution is 0.122. The normalized spacial score (nSPS) is 15.8. The van der Waals surface area contributed by atoms with Gasteiger partial charge in [-0.1, -0.05) is 12.7 Å². The monoisotopic (exact) mass is 494 g/mol. The summed E-state index contributed by atoms with van der Waals surface area (Å²) in [5.41, 5.74) is 2.30. The number of halogens is 2. The van der Waals surface area contributed by atoms with Gasteiger partial charge in [0.05, 0.1) is 36.9 Å². The van der Waals surface area contributed by atoms with E-state index in [1.165, 1.54) is 43.9 Å². The molecule has 1 aliphatic heterocycles. The molecular weight excluding hydrogens is 466 g/mol. The number of aliphatic hydroxyl groups is 1. The highest BCUT2D eigenvalue weighted by Gasteiger charge is 2.23. The van der Waals surface area contributed by atoms with Crippen LogP contribution in [-0.2, 0) is 9.47 Å². The van der Waals surface area contributed by atoms with E-state index in [9.17, 15) is 5.11 Å². The Hall–Kier alpha value is -3.69. The topological polar surface area (TPSA) is 80.1 Å². The maximum absolute atomic E-state index is 15.5. The fraction of sp³-hybridized carbons (Fsp3) is 0.296. The summed E-state index contributed by atoms with van der Waals surface area (Å²) in [6.07, 6.45) is 2.95. The number of aromatic nitrogens is 2. The van der Waals surface area contributed by atoms with Crippen LogP contribution in [0.1, 0.15) is 24.2 Å². The van der Waals surface area contributed by atoms with Gasteiger partial charge < -0.3 is 19.5 Å². The number of hydrogen-bond acceptors (Lipinski definition) is 7. The molecule has 0 amide bonds. The van der Waals surface area contributed by atoms with Crippen LogP contribution in [0.25, 0.3) is 22.2 Å². The average molecular weight is 495 g/mol. The van der Waals surface area contributed by atoms with Crippen LogP contribution in [0.5, 0.6) is 0 Å². The van der Waals surface area contributed by atoms with Crippen molar-refractivity contribution in [3.8, 4) is 11.3 Å². The summed E-state index contributed by atoms with van der Waals surface area (Å²) in [5.74, 6) is -0.762. The zero-order valence-corrected chi connectivity index (χ0v) is 20.5. The molecule has 0 saturated carbocycles. The third kappa shape index (κ3) is 4.98. The van der Waals surface area contributed by atoms with Crippen molar-refractivity contribution in [1.82, 2.24) is 9.97 Å². The second-order valence-electron chi connectivity index (χ2n) is 8.39. The third-order valence-corrected chi connectivity index (χ3v) is 6.20. The number of anilines is 1. The second kappa shape index (κ2) is 10.9. The minimum absolute atomic E-state index is 0.0437. The van der Waals surface area contributed by atoms with E-state index in [1.54, 1.807) is 19.9 Å². The van der Waals surface area contributed by atoms with E-state index < -0.39 is 17.7 Å². The van der Waals surface area contributed by atoms with E-state index in [0.29, 0.717) is 54.4 Å². The maximum Gasteiger partial charge on any atom is 0.136 e. The molecule has 1 unspecified atom stereocenters. The Morgan fingerprint density at radius 2 is 1.94 bits per heavy atom. The number of aliphatic hydroxyl groups excluding tert-OH is 1. The van der Waals surface area contributed by atoms with Crippen molar-refractivity contribution in [1.29, 1.82) is 0 Å². The van der Waals surface area contributed by atoms with Gasteiger partial charge in [0.25, 0.3) is 0 Å². The standard InChI is InChI=1S/C27H28F2N4O3/c1-5-6-30-25(17(3)35-4)27(34)19-14-20(21(28)11-16(19)2)26-24-22(29)12-18(13-23(24)31-15-32-26)33-7-9-36-10-8-33/h5-6,11-15,27,34H,1,7-10H2,2-4H3/b25-17+,30-6?. The molecule has 1 aliphatic rings. The fourth-order valence-electron chi connectivity index (χ4n) is 4.24. The highest BCUT2D eigenvalue weighted by Crippen LogP contribution is 2.36.